The van der Waals surface area contributed by atoms with Gasteiger partial charge in [0.25, 0.3) is 0 Å². The molecule has 168 valence electrons. The maximum atomic E-state index is 13.0. The van der Waals surface area contributed by atoms with Crippen LogP contribution in [0.25, 0.3) is 0 Å². The van der Waals surface area contributed by atoms with Gasteiger partial charge in [0, 0.05) is 37.9 Å². The summed E-state index contributed by atoms with van der Waals surface area (Å²) in [5.74, 6) is 0.0633. The van der Waals surface area contributed by atoms with Crippen LogP contribution in [0.5, 0.6) is 0 Å². The molecule has 1 fully saturated rings. The number of nitrogens with one attached hydrogen (secondary N) is 3. The van der Waals surface area contributed by atoms with Crippen molar-refractivity contribution >= 4 is 41.5 Å². The van der Waals surface area contributed by atoms with Crippen molar-refractivity contribution in [3.63, 3.8) is 0 Å². The van der Waals surface area contributed by atoms with E-state index in [1.54, 1.807) is 7.05 Å². The van der Waals surface area contributed by atoms with E-state index in [9.17, 15) is 9.18 Å². The van der Waals surface area contributed by atoms with Crippen LogP contribution < -0.4 is 16.0 Å². The number of hydrogen-bond donors (Lipinski definition) is 3. The Balaban J connectivity index is 0.00000341. The van der Waals surface area contributed by atoms with E-state index in [0.29, 0.717) is 23.7 Å². The van der Waals surface area contributed by atoms with E-state index in [-0.39, 0.29) is 42.2 Å². The summed E-state index contributed by atoms with van der Waals surface area (Å²) < 4.78 is 13.0. The molecule has 2 unspecified atom stereocenters. The smallest absolute Gasteiger partial charge is 0.243 e. The molecule has 0 spiro atoms. The van der Waals surface area contributed by atoms with Crippen molar-refractivity contribution in [1.82, 2.24) is 15.5 Å². The SMILES string of the molecule is CN=C(NCC(=O)Nc1ccc(F)cc1)NC1CCN(Cc2ccccc2)C(C)C1.I. The fourth-order valence-electron chi connectivity index (χ4n) is 3.70. The molecule has 2 atom stereocenters. The minimum atomic E-state index is -0.334. The summed E-state index contributed by atoms with van der Waals surface area (Å²) in [6, 6.07) is 17.0. The van der Waals surface area contributed by atoms with Crippen molar-refractivity contribution in [3.8, 4) is 0 Å². The first-order valence-corrected chi connectivity index (χ1v) is 10.3. The van der Waals surface area contributed by atoms with E-state index in [2.05, 4.69) is 57.0 Å². The van der Waals surface area contributed by atoms with Crippen LogP contribution in [-0.2, 0) is 11.3 Å². The van der Waals surface area contributed by atoms with Gasteiger partial charge in [0.15, 0.2) is 5.96 Å². The summed E-state index contributed by atoms with van der Waals surface area (Å²) in [7, 11) is 1.70. The fraction of sp³-hybridized carbons (Fsp3) is 0.391. The summed E-state index contributed by atoms with van der Waals surface area (Å²) in [6.07, 6.45) is 2.02. The number of aliphatic imine (C=N–C) groups is 1. The molecule has 0 aromatic heterocycles. The second kappa shape index (κ2) is 12.6. The molecular formula is C23H31FIN5O. The lowest BCUT2D eigenvalue weighted by atomic mass is 9.97. The van der Waals surface area contributed by atoms with Gasteiger partial charge in [0.1, 0.15) is 5.82 Å². The van der Waals surface area contributed by atoms with Crippen LogP contribution in [0.1, 0.15) is 25.3 Å². The van der Waals surface area contributed by atoms with Crippen molar-refractivity contribution in [3.05, 3.63) is 66.0 Å². The third-order valence-electron chi connectivity index (χ3n) is 5.35. The molecular weight excluding hydrogens is 508 g/mol. The van der Waals surface area contributed by atoms with E-state index >= 15 is 0 Å². The molecule has 0 bridgehead atoms. The van der Waals surface area contributed by atoms with E-state index in [4.69, 9.17) is 0 Å². The summed E-state index contributed by atoms with van der Waals surface area (Å²) in [6.45, 7) is 4.31. The lowest BCUT2D eigenvalue weighted by Gasteiger charge is -2.38. The molecule has 1 aliphatic heterocycles. The van der Waals surface area contributed by atoms with Gasteiger partial charge >= 0.3 is 0 Å². The first-order chi connectivity index (χ1) is 14.5. The maximum absolute atomic E-state index is 13.0. The molecule has 1 heterocycles. The zero-order valence-corrected chi connectivity index (χ0v) is 20.3. The molecule has 1 aliphatic rings. The van der Waals surface area contributed by atoms with Crippen molar-refractivity contribution in [1.29, 1.82) is 0 Å². The van der Waals surface area contributed by atoms with Gasteiger partial charge in [0.05, 0.1) is 6.54 Å². The summed E-state index contributed by atoms with van der Waals surface area (Å²) >= 11 is 0. The number of amides is 1. The molecule has 2 aromatic rings. The van der Waals surface area contributed by atoms with Crippen LogP contribution in [0.15, 0.2) is 59.6 Å². The monoisotopic (exact) mass is 539 g/mol. The van der Waals surface area contributed by atoms with Gasteiger partial charge in [0.2, 0.25) is 5.91 Å². The molecule has 31 heavy (non-hydrogen) atoms. The highest BCUT2D eigenvalue weighted by atomic mass is 127. The molecule has 6 nitrogen and oxygen atoms in total. The van der Waals surface area contributed by atoms with Gasteiger partial charge in [-0.3, -0.25) is 14.7 Å². The molecule has 1 amide bonds. The van der Waals surface area contributed by atoms with Crippen LogP contribution in [-0.4, -0.2) is 49.0 Å². The Hall–Kier alpha value is -2.20. The van der Waals surface area contributed by atoms with Gasteiger partial charge in [-0.2, -0.15) is 0 Å². The van der Waals surface area contributed by atoms with Gasteiger partial charge in [-0.15, -0.1) is 24.0 Å². The van der Waals surface area contributed by atoms with Crippen LogP contribution in [0, 0.1) is 5.82 Å². The van der Waals surface area contributed by atoms with E-state index in [0.717, 1.165) is 25.9 Å². The van der Waals surface area contributed by atoms with Crippen LogP contribution >= 0.6 is 24.0 Å². The first kappa shape index (κ1) is 25.1. The highest BCUT2D eigenvalue weighted by Gasteiger charge is 2.26. The Morgan fingerprint density at radius 1 is 1.16 bits per heavy atom. The predicted molar refractivity (Wildman–Crippen MR) is 134 cm³/mol. The third kappa shape index (κ3) is 8.10. The highest BCUT2D eigenvalue weighted by molar-refractivity contribution is 14.0. The number of nitrogens with zero attached hydrogens (tertiary/aromatic N) is 2. The average molecular weight is 539 g/mol. The standard InChI is InChI=1S/C23H30FN5O.HI/c1-17-14-21(12-13-29(17)16-18-6-4-3-5-7-18)28-23(25-2)26-15-22(30)27-20-10-8-19(24)9-11-20;/h3-11,17,21H,12-16H2,1-2H3,(H,27,30)(H2,25,26,28);1H. The fourth-order valence-corrected chi connectivity index (χ4v) is 3.70. The molecule has 0 aliphatic carbocycles. The van der Waals surface area contributed by atoms with Crippen LogP contribution in [0.3, 0.4) is 0 Å². The highest BCUT2D eigenvalue weighted by Crippen LogP contribution is 2.19. The van der Waals surface area contributed by atoms with Crippen molar-refractivity contribution in [2.45, 2.75) is 38.4 Å². The molecule has 1 saturated heterocycles. The maximum Gasteiger partial charge on any atom is 0.243 e. The molecule has 0 saturated carbocycles. The van der Waals surface area contributed by atoms with E-state index < -0.39 is 0 Å². The number of likely N-dealkylation sites (tertiary alicyclic amines) is 1. The van der Waals surface area contributed by atoms with Crippen molar-refractivity contribution < 1.29 is 9.18 Å². The minimum absolute atomic E-state index is 0. The first-order valence-electron chi connectivity index (χ1n) is 10.3. The molecule has 8 heteroatoms. The minimum Gasteiger partial charge on any atom is -0.354 e. The average Bonchev–Trinajstić information content (AvgIpc) is 2.75. The van der Waals surface area contributed by atoms with E-state index in [1.807, 2.05) is 6.07 Å². The van der Waals surface area contributed by atoms with Gasteiger partial charge in [-0.1, -0.05) is 30.3 Å². The summed E-state index contributed by atoms with van der Waals surface area (Å²) in [4.78, 5) is 18.9. The number of hydrogen-bond acceptors (Lipinski definition) is 3. The number of benzene rings is 2. The summed E-state index contributed by atoms with van der Waals surface area (Å²) in [5.41, 5.74) is 1.89. The molecule has 3 rings (SSSR count). The van der Waals surface area contributed by atoms with Crippen LogP contribution in [0.4, 0.5) is 10.1 Å². The van der Waals surface area contributed by atoms with Crippen molar-refractivity contribution in [2.24, 2.45) is 4.99 Å². The Morgan fingerprint density at radius 3 is 2.52 bits per heavy atom. The van der Waals surface area contributed by atoms with Crippen LogP contribution in [0.2, 0.25) is 0 Å². The topological polar surface area (TPSA) is 68.8 Å². The lowest BCUT2D eigenvalue weighted by Crippen LogP contribution is -2.52. The molecule has 0 radical (unpaired) electrons. The Labute approximate surface area is 200 Å². The van der Waals surface area contributed by atoms with Gasteiger partial charge < -0.3 is 16.0 Å². The number of halogens is 2. The van der Waals surface area contributed by atoms with Gasteiger partial charge in [-0.25, -0.2) is 4.39 Å². The third-order valence-corrected chi connectivity index (χ3v) is 5.35. The largest absolute Gasteiger partial charge is 0.354 e. The zero-order chi connectivity index (χ0) is 21.3. The Morgan fingerprint density at radius 2 is 1.87 bits per heavy atom. The number of anilines is 1. The second-order valence-corrected chi connectivity index (χ2v) is 7.65. The predicted octanol–water partition coefficient (Wildman–Crippen LogP) is 3.60. The number of rotatable bonds is 6. The second-order valence-electron chi connectivity index (χ2n) is 7.65. The van der Waals surface area contributed by atoms with Crippen molar-refractivity contribution in [2.75, 3.05) is 25.5 Å². The summed E-state index contributed by atoms with van der Waals surface area (Å²) in [5, 5.41) is 9.21. The number of piperidine rings is 1. The van der Waals surface area contributed by atoms with Gasteiger partial charge in [-0.05, 0) is 49.6 Å². The quantitative estimate of drug-likeness (QED) is 0.298. The molecule has 2 aromatic carbocycles. The number of carbonyl (C=O) groups is 1. The zero-order valence-electron chi connectivity index (χ0n) is 18.0. The number of carbonyl (C=O) groups excluding carboxylic acids is 1. The number of guanidine groups is 1. The van der Waals surface area contributed by atoms with E-state index in [1.165, 1.54) is 29.8 Å². The lowest BCUT2D eigenvalue weighted by molar-refractivity contribution is -0.115. The Bertz CT molecular complexity index is 847. The normalized spacial score (nSPS) is 19.3. The Kier molecular flexibility index (Phi) is 10.2. The molecule has 3 N–H and O–H groups in total.